The van der Waals surface area contributed by atoms with E-state index < -0.39 is 37.5 Å². The van der Waals surface area contributed by atoms with Crippen LogP contribution in [-0.2, 0) is 18.8 Å². The lowest BCUT2D eigenvalue weighted by Crippen LogP contribution is -2.38. The average Bonchev–Trinajstić information content (AvgIpc) is 3.51. The summed E-state index contributed by atoms with van der Waals surface area (Å²) in [5.74, 6) is 0.529. The summed E-state index contributed by atoms with van der Waals surface area (Å²) in [6.45, 7) is 0.933. The molecule has 5 atom stereocenters. The highest BCUT2D eigenvalue weighted by molar-refractivity contribution is 7.53. The highest BCUT2D eigenvalue weighted by Gasteiger charge is 2.48. The molecule has 0 bridgehead atoms. The number of methoxy groups -OCH3 is 1. The first kappa shape index (κ1) is 26.6. The molecule has 1 unspecified atom stereocenters. The zero-order valence-corrected chi connectivity index (χ0v) is 21.1. The first-order valence-corrected chi connectivity index (χ1v) is 13.4. The summed E-state index contributed by atoms with van der Waals surface area (Å²) in [5, 5.41) is 27.7. The zero-order chi connectivity index (χ0) is 25.4. The van der Waals surface area contributed by atoms with Gasteiger partial charge in [-0.05, 0) is 31.4 Å². The Hall–Kier alpha value is -1.41. The molecule has 196 valence electrons. The van der Waals surface area contributed by atoms with Crippen molar-refractivity contribution in [2.24, 2.45) is 0 Å². The molecule has 2 aromatic rings. The average molecular weight is 536 g/mol. The lowest BCUT2D eigenvalue weighted by Gasteiger charge is -2.31. The molecule has 0 amide bonds. The van der Waals surface area contributed by atoms with E-state index in [1.165, 1.54) is 24.9 Å². The Labute approximate surface area is 206 Å². The van der Waals surface area contributed by atoms with Crippen LogP contribution in [0, 0.1) is 0 Å². The topological polar surface area (TPSA) is 181 Å². The normalized spacial score (nSPS) is 27.5. The molecule has 35 heavy (non-hydrogen) atoms. The Morgan fingerprint density at radius 2 is 2.00 bits per heavy atom. The van der Waals surface area contributed by atoms with E-state index in [-0.39, 0.29) is 31.0 Å². The number of hydrogen-bond acceptors (Lipinski definition) is 10. The van der Waals surface area contributed by atoms with Crippen LogP contribution in [0.1, 0.15) is 45.3 Å². The number of halogens is 1. The van der Waals surface area contributed by atoms with Gasteiger partial charge in [-0.25, -0.2) is 4.68 Å². The van der Waals surface area contributed by atoms with Crippen molar-refractivity contribution in [2.45, 2.75) is 75.0 Å². The maximum absolute atomic E-state index is 12.0. The summed E-state index contributed by atoms with van der Waals surface area (Å²) in [7, 11) is -3.28. The van der Waals surface area contributed by atoms with E-state index in [1.807, 2.05) is 0 Å². The fraction of sp³-hybridized carbons (Fsp3) is 0.750. The lowest BCUT2D eigenvalue weighted by molar-refractivity contribution is -0.0987. The second-order valence-corrected chi connectivity index (χ2v) is 11.5. The van der Waals surface area contributed by atoms with E-state index in [2.05, 4.69) is 20.4 Å². The molecule has 2 fully saturated rings. The lowest BCUT2D eigenvalue weighted by atomic mass is 10.1. The van der Waals surface area contributed by atoms with Gasteiger partial charge in [0.1, 0.15) is 24.1 Å². The molecule has 2 aromatic heterocycles. The van der Waals surface area contributed by atoms with Gasteiger partial charge in [-0.1, -0.05) is 12.8 Å². The summed E-state index contributed by atoms with van der Waals surface area (Å²) in [5.41, 5.74) is 0.309. The first-order valence-electron chi connectivity index (χ1n) is 11.4. The minimum absolute atomic E-state index is 0.0109. The van der Waals surface area contributed by atoms with E-state index in [9.17, 15) is 24.6 Å². The van der Waals surface area contributed by atoms with Gasteiger partial charge in [-0.2, -0.15) is 15.1 Å². The van der Waals surface area contributed by atoms with Gasteiger partial charge in [0.25, 0.3) is 0 Å². The Morgan fingerprint density at radius 3 is 2.66 bits per heavy atom. The Kier molecular flexibility index (Phi) is 8.01. The van der Waals surface area contributed by atoms with Gasteiger partial charge >= 0.3 is 7.60 Å². The zero-order valence-electron chi connectivity index (χ0n) is 19.4. The fourth-order valence-electron chi connectivity index (χ4n) is 4.38. The Balaban J connectivity index is 1.53. The number of ether oxygens (including phenoxy) is 3. The van der Waals surface area contributed by atoms with Crippen LogP contribution in [0.25, 0.3) is 11.0 Å². The number of hydrogen-bond donors (Lipinski definition) is 5. The van der Waals surface area contributed by atoms with Gasteiger partial charge in [0.15, 0.2) is 17.2 Å². The number of aliphatic hydroxyl groups excluding tert-OH is 2. The smallest absolute Gasteiger partial charge is 0.356 e. The van der Waals surface area contributed by atoms with E-state index >= 15 is 0 Å². The first-order chi connectivity index (χ1) is 16.5. The molecular weight excluding hydrogens is 505 g/mol. The van der Waals surface area contributed by atoms with Crippen molar-refractivity contribution in [3.8, 4) is 0 Å². The van der Waals surface area contributed by atoms with Crippen molar-refractivity contribution in [1.29, 1.82) is 0 Å². The van der Waals surface area contributed by atoms with Crippen molar-refractivity contribution in [3.05, 3.63) is 11.5 Å². The van der Waals surface area contributed by atoms with E-state index in [0.29, 0.717) is 16.9 Å². The van der Waals surface area contributed by atoms with Gasteiger partial charge < -0.3 is 39.5 Å². The summed E-state index contributed by atoms with van der Waals surface area (Å²) in [4.78, 5) is 28.1. The molecule has 5 N–H and O–H groups in total. The molecule has 1 saturated carbocycles. The van der Waals surface area contributed by atoms with Gasteiger partial charge in [0, 0.05) is 26.2 Å². The number of fused-ring (bicyclic) bond motifs is 1. The van der Waals surface area contributed by atoms with E-state index in [0.717, 1.165) is 25.7 Å². The molecular formula is C20H31ClN5O8P. The van der Waals surface area contributed by atoms with Crippen LogP contribution in [0.15, 0.2) is 6.20 Å². The standard InChI is InChI=1S/C20H31ClN5O8P/c1-20(7-8-32-2,35(29,30)31)33-10-13-14(27)15(28)18(34-13)26-17-12(9-22-26)16(24-19(21)25-17)23-11-5-3-4-6-11/h9,11,13-15,18,27-28H,3-8,10H2,1-2H3,(H,23,24,25)(H2,29,30,31)/t13-,14-,15-,18-,20?/m1/s1. The highest BCUT2D eigenvalue weighted by Crippen LogP contribution is 2.53. The van der Waals surface area contributed by atoms with Gasteiger partial charge in [-0.3, -0.25) is 4.57 Å². The maximum Gasteiger partial charge on any atom is 0.356 e. The summed E-state index contributed by atoms with van der Waals surface area (Å²) in [6, 6.07) is 0.269. The number of nitrogens with zero attached hydrogens (tertiary/aromatic N) is 4. The third-order valence-corrected chi connectivity index (χ3v) is 8.40. The van der Waals surface area contributed by atoms with Crippen molar-refractivity contribution in [2.75, 3.05) is 25.6 Å². The highest BCUT2D eigenvalue weighted by atomic mass is 35.5. The molecule has 2 aliphatic rings. The quantitative estimate of drug-likeness (QED) is 0.218. The Bertz CT molecular complexity index is 1080. The SMILES string of the molecule is COCCC(C)(OC[C@H]1O[C@@H](n2ncc3c(NC4CCCC4)nc(Cl)nc32)[C@H](O)[C@@H]1O)P(=O)(O)O. The summed E-state index contributed by atoms with van der Waals surface area (Å²) < 4.78 is 29.6. The molecule has 0 radical (unpaired) electrons. The summed E-state index contributed by atoms with van der Waals surface area (Å²) >= 11 is 6.16. The third kappa shape index (κ3) is 5.48. The van der Waals surface area contributed by atoms with Crippen molar-refractivity contribution >= 4 is 36.0 Å². The summed E-state index contributed by atoms with van der Waals surface area (Å²) in [6.07, 6.45) is 0.717. The monoisotopic (exact) mass is 535 g/mol. The fourth-order valence-corrected chi connectivity index (χ4v) is 5.17. The van der Waals surface area contributed by atoms with Gasteiger partial charge in [0.05, 0.1) is 18.2 Å². The largest absolute Gasteiger partial charge is 0.387 e. The molecule has 1 saturated heterocycles. The van der Waals surface area contributed by atoms with Crippen molar-refractivity contribution in [1.82, 2.24) is 19.7 Å². The van der Waals surface area contributed by atoms with E-state index in [4.69, 9.17) is 25.8 Å². The van der Waals surface area contributed by atoms with Crippen LogP contribution >= 0.6 is 19.2 Å². The second kappa shape index (κ2) is 10.5. The molecule has 1 aliphatic heterocycles. The number of anilines is 1. The van der Waals surface area contributed by atoms with Crippen LogP contribution < -0.4 is 5.32 Å². The van der Waals surface area contributed by atoms with Crippen LogP contribution in [0.5, 0.6) is 0 Å². The predicted molar refractivity (Wildman–Crippen MR) is 125 cm³/mol. The van der Waals surface area contributed by atoms with Crippen LogP contribution in [-0.4, -0.2) is 89.8 Å². The number of rotatable bonds is 10. The van der Waals surface area contributed by atoms with Gasteiger partial charge in [0.2, 0.25) is 5.28 Å². The maximum atomic E-state index is 12.0. The van der Waals surface area contributed by atoms with Crippen molar-refractivity contribution in [3.63, 3.8) is 0 Å². The third-order valence-electron chi connectivity index (χ3n) is 6.65. The van der Waals surface area contributed by atoms with Crippen molar-refractivity contribution < 1.29 is 38.8 Å². The van der Waals surface area contributed by atoms with Crippen LogP contribution in [0.4, 0.5) is 5.82 Å². The minimum atomic E-state index is -4.69. The van der Waals surface area contributed by atoms with Gasteiger partial charge in [-0.15, -0.1) is 0 Å². The molecule has 15 heteroatoms. The minimum Gasteiger partial charge on any atom is -0.387 e. The molecule has 3 heterocycles. The molecule has 4 rings (SSSR count). The van der Waals surface area contributed by atoms with Crippen LogP contribution in [0.2, 0.25) is 5.28 Å². The number of aliphatic hydroxyl groups is 2. The van der Waals surface area contributed by atoms with Crippen LogP contribution in [0.3, 0.4) is 0 Å². The number of aromatic nitrogens is 4. The van der Waals surface area contributed by atoms with E-state index in [1.54, 1.807) is 0 Å². The Morgan fingerprint density at radius 1 is 1.29 bits per heavy atom. The number of nitrogens with one attached hydrogen (secondary N) is 1. The molecule has 13 nitrogen and oxygen atoms in total. The molecule has 0 spiro atoms. The second-order valence-electron chi connectivity index (χ2n) is 9.11. The predicted octanol–water partition coefficient (Wildman–Crippen LogP) is 1.40. The molecule has 0 aromatic carbocycles. The molecule has 1 aliphatic carbocycles.